The molecule has 2 aromatic rings. The first-order chi connectivity index (χ1) is 10.1. The van der Waals surface area contributed by atoms with Crippen LogP contribution in [0, 0.1) is 13.8 Å². The van der Waals surface area contributed by atoms with Gasteiger partial charge in [0, 0.05) is 5.56 Å². The third-order valence-electron chi connectivity index (χ3n) is 3.97. The summed E-state index contributed by atoms with van der Waals surface area (Å²) in [6.07, 6.45) is 1.53. The summed E-state index contributed by atoms with van der Waals surface area (Å²) in [4.78, 5) is 11.4. The maximum Gasteiger partial charge on any atom is 0.336 e. The first-order valence-corrected chi connectivity index (χ1v) is 7.15. The molecule has 0 aliphatic carbocycles. The molecule has 0 saturated heterocycles. The second-order valence-electron chi connectivity index (χ2n) is 5.61. The van der Waals surface area contributed by atoms with Crippen molar-refractivity contribution in [2.45, 2.75) is 32.8 Å². The van der Waals surface area contributed by atoms with Crippen molar-refractivity contribution in [3.63, 3.8) is 0 Å². The number of benzene rings is 2. The minimum atomic E-state index is -0.902. The fourth-order valence-corrected chi connectivity index (χ4v) is 3.08. The van der Waals surface area contributed by atoms with Crippen LogP contribution in [0.1, 0.15) is 45.1 Å². The summed E-state index contributed by atoms with van der Waals surface area (Å²) in [5, 5.41) is 9.33. The lowest BCUT2D eigenvalue weighted by atomic mass is 9.92. The number of hydrogen-bond donors (Lipinski definition) is 1. The number of fused-ring (bicyclic) bond motifs is 1. The average molecular weight is 282 g/mol. The lowest BCUT2D eigenvalue weighted by Crippen LogP contribution is -2.18. The van der Waals surface area contributed by atoms with Crippen LogP contribution in [0.5, 0.6) is 5.75 Å². The number of carboxylic acid groups (broad SMARTS) is 1. The third-order valence-corrected chi connectivity index (χ3v) is 3.97. The molecule has 0 bridgehead atoms. The molecule has 1 heterocycles. The Balaban J connectivity index is 1.99. The van der Waals surface area contributed by atoms with Crippen molar-refractivity contribution in [1.82, 2.24) is 0 Å². The molecule has 0 radical (unpaired) electrons. The molecule has 1 aliphatic heterocycles. The molecule has 1 unspecified atom stereocenters. The minimum absolute atomic E-state index is 0.189. The van der Waals surface area contributed by atoms with Crippen LogP contribution in [-0.4, -0.2) is 11.1 Å². The van der Waals surface area contributed by atoms with Gasteiger partial charge in [0.1, 0.15) is 11.9 Å². The van der Waals surface area contributed by atoms with E-state index in [4.69, 9.17) is 4.74 Å². The first-order valence-electron chi connectivity index (χ1n) is 7.15. The molecule has 3 nitrogen and oxygen atoms in total. The molecule has 0 fully saturated rings. The molecule has 1 aliphatic rings. The smallest absolute Gasteiger partial charge is 0.336 e. The van der Waals surface area contributed by atoms with Crippen LogP contribution in [0.3, 0.4) is 0 Å². The van der Waals surface area contributed by atoms with Gasteiger partial charge >= 0.3 is 5.97 Å². The molecule has 3 rings (SSSR count). The average Bonchev–Trinajstić information content (AvgIpc) is 2.47. The van der Waals surface area contributed by atoms with E-state index in [1.807, 2.05) is 19.1 Å². The number of carboxylic acids is 1. The van der Waals surface area contributed by atoms with Crippen LogP contribution in [0.25, 0.3) is 0 Å². The van der Waals surface area contributed by atoms with Gasteiger partial charge in [-0.3, -0.25) is 0 Å². The summed E-state index contributed by atoms with van der Waals surface area (Å²) in [7, 11) is 0. The van der Waals surface area contributed by atoms with Crippen LogP contribution in [0.2, 0.25) is 0 Å². The molecule has 0 amide bonds. The van der Waals surface area contributed by atoms with Gasteiger partial charge in [-0.2, -0.15) is 0 Å². The van der Waals surface area contributed by atoms with Gasteiger partial charge in [0.15, 0.2) is 0 Å². The zero-order valence-corrected chi connectivity index (χ0v) is 12.2. The molecule has 108 valence electrons. The molecule has 1 atom stereocenters. The second-order valence-corrected chi connectivity index (χ2v) is 5.61. The predicted octanol–water partition coefficient (Wildman–Crippen LogP) is 4.07. The quantitative estimate of drug-likeness (QED) is 0.903. The van der Waals surface area contributed by atoms with E-state index in [-0.39, 0.29) is 6.10 Å². The van der Waals surface area contributed by atoms with Crippen molar-refractivity contribution in [2.24, 2.45) is 0 Å². The highest BCUT2D eigenvalue weighted by Gasteiger charge is 2.26. The Morgan fingerprint density at radius 2 is 2.00 bits per heavy atom. The second kappa shape index (κ2) is 5.24. The maximum atomic E-state index is 11.4. The number of aromatic carboxylic acids is 1. The lowest BCUT2D eigenvalue weighted by molar-refractivity contribution is 0.0689. The van der Waals surface area contributed by atoms with Crippen molar-refractivity contribution < 1.29 is 14.6 Å². The van der Waals surface area contributed by atoms with Crippen LogP contribution in [-0.2, 0) is 6.42 Å². The molecular weight excluding hydrogens is 264 g/mol. The van der Waals surface area contributed by atoms with E-state index in [0.29, 0.717) is 5.56 Å². The summed E-state index contributed by atoms with van der Waals surface area (Å²) in [6.45, 7) is 4.12. The number of hydrogen-bond acceptors (Lipinski definition) is 2. The highest BCUT2D eigenvalue weighted by molar-refractivity contribution is 5.89. The number of ether oxygens (including phenoxy) is 1. The predicted molar refractivity (Wildman–Crippen MR) is 81.0 cm³/mol. The van der Waals surface area contributed by atoms with Crippen LogP contribution >= 0.6 is 0 Å². The Morgan fingerprint density at radius 1 is 1.24 bits per heavy atom. The van der Waals surface area contributed by atoms with Crippen molar-refractivity contribution in [2.75, 3.05) is 0 Å². The van der Waals surface area contributed by atoms with E-state index in [1.54, 1.807) is 12.1 Å². The van der Waals surface area contributed by atoms with Gasteiger partial charge in [-0.05, 0) is 43.9 Å². The Bertz CT molecular complexity index is 704. The fourth-order valence-electron chi connectivity index (χ4n) is 3.08. The van der Waals surface area contributed by atoms with Gasteiger partial charge < -0.3 is 9.84 Å². The fraction of sp³-hybridized carbons (Fsp3) is 0.278. The summed E-state index contributed by atoms with van der Waals surface area (Å²) < 4.78 is 6.13. The van der Waals surface area contributed by atoms with E-state index in [9.17, 15) is 9.90 Å². The van der Waals surface area contributed by atoms with Gasteiger partial charge in [0.25, 0.3) is 0 Å². The third kappa shape index (κ3) is 2.51. The van der Waals surface area contributed by atoms with Crippen LogP contribution in [0.4, 0.5) is 0 Å². The zero-order valence-electron chi connectivity index (χ0n) is 12.2. The van der Waals surface area contributed by atoms with Crippen molar-refractivity contribution in [1.29, 1.82) is 0 Å². The molecule has 21 heavy (non-hydrogen) atoms. The van der Waals surface area contributed by atoms with E-state index in [0.717, 1.165) is 29.7 Å². The highest BCUT2D eigenvalue weighted by atomic mass is 16.5. The molecule has 2 aromatic carbocycles. The summed E-state index contributed by atoms with van der Waals surface area (Å²) >= 11 is 0. The maximum absolute atomic E-state index is 11.4. The Labute approximate surface area is 124 Å². The van der Waals surface area contributed by atoms with Gasteiger partial charge in [0.2, 0.25) is 0 Å². The molecule has 0 spiro atoms. The van der Waals surface area contributed by atoms with E-state index in [2.05, 4.69) is 19.1 Å². The van der Waals surface area contributed by atoms with E-state index >= 15 is 0 Å². The molecular formula is C18H18O3. The van der Waals surface area contributed by atoms with Crippen LogP contribution in [0.15, 0.2) is 36.4 Å². The lowest BCUT2D eigenvalue weighted by Gasteiger charge is -2.29. The number of rotatable bonds is 2. The van der Waals surface area contributed by atoms with Gasteiger partial charge in [0.05, 0.1) is 5.56 Å². The van der Waals surface area contributed by atoms with Crippen LogP contribution < -0.4 is 4.74 Å². The van der Waals surface area contributed by atoms with E-state index in [1.165, 1.54) is 11.1 Å². The monoisotopic (exact) mass is 282 g/mol. The Hall–Kier alpha value is -2.29. The Morgan fingerprint density at radius 3 is 2.76 bits per heavy atom. The van der Waals surface area contributed by atoms with Gasteiger partial charge in [-0.15, -0.1) is 0 Å². The number of aryl methyl sites for hydroxylation is 3. The summed E-state index contributed by atoms with van der Waals surface area (Å²) in [5.41, 5.74) is 4.66. The summed E-state index contributed by atoms with van der Waals surface area (Å²) in [5.74, 6) is 0.0117. The number of carbonyl (C=O) groups is 1. The largest absolute Gasteiger partial charge is 0.485 e. The first kappa shape index (κ1) is 13.7. The van der Waals surface area contributed by atoms with Crippen molar-refractivity contribution >= 4 is 5.97 Å². The van der Waals surface area contributed by atoms with Gasteiger partial charge in [-0.1, -0.05) is 35.9 Å². The SMILES string of the molecule is Cc1cc(C)c2c(c1)CCC(c1ccccc1C(=O)O)O2. The standard InChI is InChI=1S/C18H18O3/c1-11-9-12(2)17-13(10-11)7-8-16(21-17)14-5-3-4-6-15(14)18(19)20/h3-6,9-10,16H,7-8H2,1-2H3,(H,19,20). The van der Waals surface area contributed by atoms with Gasteiger partial charge in [-0.25, -0.2) is 4.79 Å². The van der Waals surface area contributed by atoms with Crippen molar-refractivity contribution in [3.05, 3.63) is 64.2 Å². The zero-order chi connectivity index (χ0) is 15.0. The minimum Gasteiger partial charge on any atom is -0.485 e. The molecule has 0 aromatic heterocycles. The highest BCUT2D eigenvalue weighted by Crippen LogP contribution is 2.38. The molecule has 3 heteroatoms. The summed E-state index contributed by atoms with van der Waals surface area (Å²) in [6, 6.07) is 11.4. The topological polar surface area (TPSA) is 46.5 Å². The molecule has 1 N–H and O–H groups in total. The Kier molecular flexibility index (Phi) is 3.42. The van der Waals surface area contributed by atoms with E-state index < -0.39 is 5.97 Å². The normalized spacial score (nSPS) is 17.0. The molecule has 0 saturated carbocycles. The van der Waals surface area contributed by atoms with Crippen molar-refractivity contribution in [3.8, 4) is 5.75 Å².